The van der Waals surface area contributed by atoms with Gasteiger partial charge >= 0.3 is 0 Å². The summed E-state index contributed by atoms with van der Waals surface area (Å²) in [6, 6.07) is 7.46. The van der Waals surface area contributed by atoms with Gasteiger partial charge in [-0.15, -0.1) is 0 Å². The summed E-state index contributed by atoms with van der Waals surface area (Å²) in [5, 5.41) is 2.92. The van der Waals surface area contributed by atoms with E-state index >= 15 is 0 Å². The third-order valence-electron chi connectivity index (χ3n) is 7.03. The Hall–Kier alpha value is -2.08. The molecular weight excluding hydrogens is 380 g/mol. The van der Waals surface area contributed by atoms with Gasteiger partial charge in [0, 0.05) is 37.6 Å². The number of amides is 2. The molecule has 0 bridgehead atoms. The minimum absolute atomic E-state index is 0.0457. The molecule has 2 amide bonds. The van der Waals surface area contributed by atoms with Crippen molar-refractivity contribution < 1.29 is 19.1 Å². The van der Waals surface area contributed by atoms with Gasteiger partial charge in [-0.1, -0.05) is 25.0 Å². The molecule has 3 aliphatic rings. The van der Waals surface area contributed by atoms with Crippen LogP contribution in [0.3, 0.4) is 0 Å². The van der Waals surface area contributed by atoms with Gasteiger partial charge in [0.2, 0.25) is 5.91 Å². The molecule has 0 radical (unpaired) electrons. The molecule has 30 heavy (non-hydrogen) atoms. The van der Waals surface area contributed by atoms with Crippen molar-refractivity contribution in [3.05, 3.63) is 29.8 Å². The van der Waals surface area contributed by atoms with E-state index in [0.717, 1.165) is 64.6 Å². The van der Waals surface area contributed by atoms with Crippen LogP contribution in [0, 0.1) is 11.3 Å². The monoisotopic (exact) mass is 414 g/mol. The highest BCUT2D eigenvalue weighted by Gasteiger charge is 2.39. The minimum atomic E-state index is -0.124. The van der Waals surface area contributed by atoms with E-state index in [9.17, 15) is 9.59 Å². The SMILES string of the molecule is O=C1NCCOCCCCC2(CCN(C(=O)C3CCC3)CC2)COc2ccccc21. The Labute approximate surface area is 179 Å². The summed E-state index contributed by atoms with van der Waals surface area (Å²) in [6.07, 6.45) is 8.39. The van der Waals surface area contributed by atoms with E-state index in [2.05, 4.69) is 10.2 Å². The predicted octanol–water partition coefficient (Wildman–Crippen LogP) is 3.40. The molecule has 1 N–H and O–H groups in total. The Morgan fingerprint density at radius 3 is 2.60 bits per heavy atom. The van der Waals surface area contributed by atoms with Gasteiger partial charge in [0.05, 0.1) is 18.8 Å². The number of nitrogens with zero attached hydrogens (tertiary/aromatic N) is 1. The van der Waals surface area contributed by atoms with Crippen LogP contribution in [0.4, 0.5) is 0 Å². The molecule has 1 spiro atoms. The number of ether oxygens (including phenoxy) is 2. The number of piperidine rings is 1. The van der Waals surface area contributed by atoms with Gasteiger partial charge in [0.25, 0.3) is 5.91 Å². The average molecular weight is 415 g/mol. The molecule has 1 saturated carbocycles. The molecule has 2 aliphatic heterocycles. The number of hydrogen-bond acceptors (Lipinski definition) is 4. The molecule has 1 aromatic rings. The van der Waals surface area contributed by atoms with E-state index in [0.29, 0.717) is 37.0 Å². The fourth-order valence-electron chi connectivity index (χ4n) is 4.73. The Balaban J connectivity index is 1.45. The number of carbonyl (C=O) groups is 2. The molecule has 1 aliphatic carbocycles. The number of rotatable bonds is 1. The van der Waals surface area contributed by atoms with Gasteiger partial charge in [-0.2, -0.15) is 0 Å². The van der Waals surface area contributed by atoms with Crippen LogP contribution in [0.2, 0.25) is 0 Å². The van der Waals surface area contributed by atoms with Crippen molar-refractivity contribution in [1.29, 1.82) is 0 Å². The van der Waals surface area contributed by atoms with Gasteiger partial charge in [-0.25, -0.2) is 0 Å². The van der Waals surface area contributed by atoms with E-state index in [-0.39, 0.29) is 17.2 Å². The van der Waals surface area contributed by atoms with Crippen LogP contribution in [0.1, 0.15) is 61.7 Å². The maximum atomic E-state index is 12.7. The second-order valence-corrected chi connectivity index (χ2v) is 9.06. The zero-order chi connectivity index (χ0) is 20.8. The van der Waals surface area contributed by atoms with Crippen LogP contribution in [-0.4, -0.2) is 56.2 Å². The molecule has 0 unspecified atom stereocenters. The van der Waals surface area contributed by atoms with Crippen LogP contribution in [0.15, 0.2) is 24.3 Å². The number of hydrogen-bond donors (Lipinski definition) is 1. The average Bonchev–Trinajstić information content (AvgIpc) is 2.73. The summed E-state index contributed by atoms with van der Waals surface area (Å²) >= 11 is 0. The zero-order valence-corrected chi connectivity index (χ0v) is 17.9. The molecule has 6 nitrogen and oxygen atoms in total. The lowest BCUT2D eigenvalue weighted by Gasteiger charge is -2.43. The fraction of sp³-hybridized carbons (Fsp3) is 0.667. The number of para-hydroxylation sites is 1. The first kappa shape index (κ1) is 21.2. The van der Waals surface area contributed by atoms with Crippen LogP contribution < -0.4 is 10.1 Å². The standard InChI is InChI=1S/C24H34N2O4/c27-22-20-8-1-2-9-21(20)30-18-24(10-3-4-16-29-17-13-25-22)11-14-26(15-12-24)23(28)19-6-5-7-19/h1-2,8-9,19H,3-7,10-18H2,(H,25,27). The topological polar surface area (TPSA) is 67.9 Å². The molecule has 2 fully saturated rings. The number of carbonyl (C=O) groups excluding carboxylic acids is 2. The van der Waals surface area contributed by atoms with Crippen molar-refractivity contribution in [2.45, 2.75) is 51.4 Å². The molecule has 0 atom stereocenters. The molecule has 1 aromatic carbocycles. The highest BCUT2D eigenvalue weighted by molar-refractivity contribution is 5.96. The smallest absolute Gasteiger partial charge is 0.255 e. The lowest BCUT2D eigenvalue weighted by Crippen LogP contribution is -2.48. The fourth-order valence-corrected chi connectivity index (χ4v) is 4.73. The van der Waals surface area contributed by atoms with Crippen molar-refractivity contribution in [1.82, 2.24) is 10.2 Å². The maximum Gasteiger partial charge on any atom is 0.255 e. The van der Waals surface area contributed by atoms with E-state index in [4.69, 9.17) is 9.47 Å². The quantitative estimate of drug-likeness (QED) is 0.765. The Morgan fingerprint density at radius 2 is 1.83 bits per heavy atom. The van der Waals surface area contributed by atoms with Gasteiger partial charge in [0.15, 0.2) is 0 Å². The second kappa shape index (κ2) is 9.82. The Kier molecular flexibility index (Phi) is 6.93. The summed E-state index contributed by atoms with van der Waals surface area (Å²) in [5.74, 6) is 1.14. The van der Waals surface area contributed by atoms with E-state index in [1.54, 1.807) is 0 Å². The van der Waals surface area contributed by atoms with Gasteiger partial charge < -0.3 is 19.7 Å². The number of benzene rings is 1. The van der Waals surface area contributed by atoms with Crippen LogP contribution >= 0.6 is 0 Å². The van der Waals surface area contributed by atoms with E-state index < -0.39 is 0 Å². The van der Waals surface area contributed by atoms with Crippen molar-refractivity contribution in [3.8, 4) is 5.75 Å². The molecule has 6 heteroatoms. The summed E-state index contributed by atoms with van der Waals surface area (Å²) in [5.41, 5.74) is 0.617. The largest absolute Gasteiger partial charge is 0.492 e. The first-order valence-electron chi connectivity index (χ1n) is 11.5. The zero-order valence-electron chi connectivity index (χ0n) is 17.9. The van der Waals surface area contributed by atoms with E-state index in [1.165, 1.54) is 6.42 Å². The third-order valence-corrected chi connectivity index (χ3v) is 7.03. The van der Waals surface area contributed by atoms with Crippen molar-refractivity contribution in [2.24, 2.45) is 11.3 Å². The lowest BCUT2D eigenvalue weighted by molar-refractivity contribution is -0.141. The Bertz CT molecular complexity index is 738. The summed E-state index contributed by atoms with van der Waals surface area (Å²) in [7, 11) is 0. The summed E-state index contributed by atoms with van der Waals surface area (Å²) in [6.45, 7) is 3.97. The predicted molar refractivity (Wildman–Crippen MR) is 115 cm³/mol. The van der Waals surface area contributed by atoms with Crippen molar-refractivity contribution in [3.63, 3.8) is 0 Å². The highest BCUT2D eigenvalue weighted by Crippen LogP contribution is 2.39. The molecular formula is C24H34N2O4. The minimum Gasteiger partial charge on any atom is -0.492 e. The van der Waals surface area contributed by atoms with Crippen LogP contribution in [0.25, 0.3) is 0 Å². The first-order chi connectivity index (χ1) is 14.7. The second-order valence-electron chi connectivity index (χ2n) is 9.06. The van der Waals surface area contributed by atoms with Crippen molar-refractivity contribution in [2.75, 3.05) is 39.5 Å². The normalized spacial score (nSPS) is 23.5. The molecule has 164 valence electrons. The van der Waals surface area contributed by atoms with Crippen LogP contribution in [0.5, 0.6) is 5.75 Å². The van der Waals surface area contributed by atoms with Gasteiger partial charge in [-0.3, -0.25) is 9.59 Å². The van der Waals surface area contributed by atoms with Crippen molar-refractivity contribution >= 4 is 11.8 Å². The summed E-state index contributed by atoms with van der Waals surface area (Å²) in [4.78, 5) is 27.3. The number of nitrogens with one attached hydrogen (secondary N) is 1. The molecule has 2 heterocycles. The van der Waals surface area contributed by atoms with Gasteiger partial charge in [-0.05, 0) is 50.7 Å². The van der Waals surface area contributed by atoms with Crippen LogP contribution in [-0.2, 0) is 9.53 Å². The third kappa shape index (κ3) is 4.97. The molecule has 0 aromatic heterocycles. The molecule has 4 rings (SSSR count). The maximum absolute atomic E-state index is 12.7. The molecule has 1 saturated heterocycles. The lowest BCUT2D eigenvalue weighted by atomic mass is 9.74. The number of fused-ring (bicyclic) bond motifs is 1. The Morgan fingerprint density at radius 1 is 1.03 bits per heavy atom. The van der Waals surface area contributed by atoms with Gasteiger partial charge in [0.1, 0.15) is 5.75 Å². The number of likely N-dealkylation sites (tertiary alicyclic amines) is 1. The van der Waals surface area contributed by atoms with E-state index in [1.807, 2.05) is 24.3 Å². The summed E-state index contributed by atoms with van der Waals surface area (Å²) < 4.78 is 12.0. The first-order valence-corrected chi connectivity index (χ1v) is 11.5. The highest BCUT2D eigenvalue weighted by atomic mass is 16.5.